The van der Waals surface area contributed by atoms with Crippen LogP contribution in [0, 0.1) is 11.8 Å². The Morgan fingerprint density at radius 2 is 1.67 bits per heavy atom. The Kier molecular flexibility index (Phi) is 8.44. The summed E-state index contributed by atoms with van der Waals surface area (Å²) in [6, 6.07) is 0. The van der Waals surface area contributed by atoms with Crippen molar-refractivity contribution in [1.29, 1.82) is 0 Å². The van der Waals surface area contributed by atoms with Crippen molar-refractivity contribution in [3.8, 4) is 0 Å². The summed E-state index contributed by atoms with van der Waals surface area (Å²) in [5.74, 6) is 1.38. The van der Waals surface area contributed by atoms with Gasteiger partial charge in [0.1, 0.15) is 0 Å². The van der Waals surface area contributed by atoms with Gasteiger partial charge in [-0.2, -0.15) is 0 Å². The third-order valence-electron chi connectivity index (χ3n) is 2.80. The highest BCUT2D eigenvalue weighted by molar-refractivity contribution is 5.69. The molecule has 0 aromatic heterocycles. The summed E-state index contributed by atoms with van der Waals surface area (Å²) in [6.07, 6.45) is 6.71. The maximum atomic E-state index is 10.9. The van der Waals surface area contributed by atoms with Gasteiger partial charge in [0.05, 0.1) is 7.11 Å². The lowest BCUT2D eigenvalue weighted by Gasteiger charge is -2.10. The van der Waals surface area contributed by atoms with E-state index in [0.717, 1.165) is 12.3 Å². The summed E-state index contributed by atoms with van der Waals surface area (Å²) in [5, 5.41) is 0. The molecule has 2 nitrogen and oxygen atoms in total. The second-order valence-electron chi connectivity index (χ2n) is 4.90. The average molecular weight is 214 g/mol. The van der Waals surface area contributed by atoms with Crippen molar-refractivity contribution in [3.63, 3.8) is 0 Å². The Balaban J connectivity index is 3.33. The molecular weight excluding hydrogens is 188 g/mol. The zero-order valence-electron chi connectivity index (χ0n) is 10.7. The van der Waals surface area contributed by atoms with Gasteiger partial charge in [0.25, 0.3) is 0 Å². The predicted molar refractivity (Wildman–Crippen MR) is 63.7 cm³/mol. The molecule has 0 N–H and O–H groups in total. The molecule has 0 saturated heterocycles. The first kappa shape index (κ1) is 14.5. The van der Waals surface area contributed by atoms with E-state index in [0.29, 0.717) is 12.3 Å². The van der Waals surface area contributed by atoms with Crippen molar-refractivity contribution in [2.75, 3.05) is 7.11 Å². The first-order chi connectivity index (χ1) is 7.06. The molecule has 0 aliphatic carbocycles. The van der Waals surface area contributed by atoms with Crippen LogP contribution in [0.3, 0.4) is 0 Å². The van der Waals surface area contributed by atoms with Crippen LogP contribution in [0.5, 0.6) is 0 Å². The highest BCUT2D eigenvalue weighted by Crippen LogP contribution is 2.16. The van der Waals surface area contributed by atoms with Crippen molar-refractivity contribution in [3.05, 3.63) is 0 Å². The summed E-state index contributed by atoms with van der Waals surface area (Å²) in [7, 11) is 1.45. The molecule has 0 saturated carbocycles. The van der Waals surface area contributed by atoms with Crippen LogP contribution in [0.4, 0.5) is 0 Å². The molecular formula is C13H26O2. The minimum Gasteiger partial charge on any atom is -0.469 e. The van der Waals surface area contributed by atoms with E-state index in [1.165, 1.54) is 32.8 Å². The fourth-order valence-corrected chi connectivity index (χ4v) is 1.66. The minimum atomic E-state index is -0.0796. The first-order valence-corrected chi connectivity index (χ1v) is 6.13. The summed E-state index contributed by atoms with van der Waals surface area (Å²) in [5.41, 5.74) is 0. The van der Waals surface area contributed by atoms with Gasteiger partial charge in [0.2, 0.25) is 0 Å². The van der Waals surface area contributed by atoms with Gasteiger partial charge < -0.3 is 4.74 Å². The van der Waals surface area contributed by atoms with Gasteiger partial charge in [-0.05, 0) is 18.3 Å². The molecule has 0 spiro atoms. The van der Waals surface area contributed by atoms with E-state index in [9.17, 15) is 4.79 Å². The molecule has 90 valence electrons. The molecule has 0 unspecified atom stereocenters. The molecule has 0 bridgehead atoms. The van der Waals surface area contributed by atoms with Gasteiger partial charge in [0, 0.05) is 6.42 Å². The highest BCUT2D eigenvalue weighted by Gasteiger charge is 2.06. The van der Waals surface area contributed by atoms with Crippen LogP contribution in [0.1, 0.15) is 59.3 Å². The quantitative estimate of drug-likeness (QED) is 0.454. The van der Waals surface area contributed by atoms with E-state index in [1.54, 1.807) is 0 Å². The summed E-state index contributed by atoms with van der Waals surface area (Å²) >= 11 is 0. The normalized spacial score (nSPS) is 12.9. The van der Waals surface area contributed by atoms with Gasteiger partial charge >= 0.3 is 5.97 Å². The largest absolute Gasteiger partial charge is 0.469 e. The predicted octanol–water partition coefficient (Wildman–Crippen LogP) is 3.79. The minimum absolute atomic E-state index is 0.0796. The Morgan fingerprint density at radius 1 is 1.07 bits per heavy atom. The Bertz CT molecular complexity index is 164. The lowest BCUT2D eigenvalue weighted by Crippen LogP contribution is -2.04. The van der Waals surface area contributed by atoms with Crippen molar-refractivity contribution >= 4 is 5.97 Å². The number of carbonyl (C=O) groups is 1. The van der Waals surface area contributed by atoms with Crippen LogP contribution in [-0.2, 0) is 9.53 Å². The number of carbonyl (C=O) groups excluding carboxylic acids is 1. The molecule has 0 heterocycles. The standard InChI is InChI=1S/C13H26O2/c1-11(2)7-5-6-8-12(3)9-10-13(14)15-4/h11-12H,5-10H2,1-4H3/t12-/m0/s1. The van der Waals surface area contributed by atoms with E-state index in [-0.39, 0.29) is 5.97 Å². The smallest absolute Gasteiger partial charge is 0.305 e. The highest BCUT2D eigenvalue weighted by atomic mass is 16.5. The van der Waals surface area contributed by atoms with Crippen LogP contribution >= 0.6 is 0 Å². The first-order valence-electron chi connectivity index (χ1n) is 6.13. The van der Waals surface area contributed by atoms with Gasteiger partial charge in [-0.3, -0.25) is 4.79 Å². The fraction of sp³-hybridized carbons (Fsp3) is 0.923. The number of esters is 1. The van der Waals surface area contributed by atoms with Gasteiger partial charge in [-0.15, -0.1) is 0 Å². The molecule has 1 atom stereocenters. The molecule has 0 fully saturated rings. The molecule has 0 aromatic rings. The summed E-state index contributed by atoms with van der Waals surface area (Å²) in [6.45, 7) is 6.75. The monoisotopic (exact) mass is 214 g/mol. The molecule has 0 radical (unpaired) electrons. The van der Waals surface area contributed by atoms with Crippen molar-refractivity contribution in [1.82, 2.24) is 0 Å². The zero-order valence-corrected chi connectivity index (χ0v) is 10.7. The van der Waals surface area contributed by atoms with Gasteiger partial charge in [-0.1, -0.05) is 46.5 Å². The molecule has 0 amide bonds. The van der Waals surface area contributed by atoms with Crippen LogP contribution in [0.25, 0.3) is 0 Å². The Hall–Kier alpha value is -0.530. The van der Waals surface area contributed by atoms with Crippen LogP contribution in [0.15, 0.2) is 0 Å². The van der Waals surface area contributed by atoms with Gasteiger partial charge in [-0.25, -0.2) is 0 Å². The molecule has 0 aliphatic rings. The number of ether oxygens (including phenoxy) is 1. The van der Waals surface area contributed by atoms with Crippen molar-refractivity contribution in [2.24, 2.45) is 11.8 Å². The number of methoxy groups -OCH3 is 1. The van der Waals surface area contributed by atoms with Crippen LogP contribution < -0.4 is 0 Å². The maximum absolute atomic E-state index is 10.9. The van der Waals surface area contributed by atoms with E-state index >= 15 is 0 Å². The van der Waals surface area contributed by atoms with E-state index in [1.807, 2.05) is 0 Å². The Morgan fingerprint density at radius 3 is 2.20 bits per heavy atom. The number of hydrogen-bond acceptors (Lipinski definition) is 2. The average Bonchev–Trinajstić information content (AvgIpc) is 2.20. The van der Waals surface area contributed by atoms with Crippen molar-refractivity contribution in [2.45, 2.75) is 59.3 Å². The zero-order chi connectivity index (χ0) is 11.7. The molecule has 0 aromatic carbocycles. The van der Waals surface area contributed by atoms with Gasteiger partial charge in [0.15, 0.2) is 0 Å². The molecule has 2 heteroatoms. The molecule has 0 aliphatic heterocycles. The fourth-order valence-electron chi connectivity index (χ4n) is 1.66. The summed E-state index contributed by atoms with van der Waals surface area (Å²) < 4.78 is 4.62. The van der Waals surface area contributed by atoms with E-state index in [2.05, 4.69) is 25.5 Å². The second kappa shape index (κ2) is 8.75. The second-order valence-corrected chi connectivity index (χ2v) is 4.90. The third kappa shape index (κ3) is 9.77. The number of unbranched alkanes of at least 4 members (excludes halogenated alkanes) is 1. The van der Waals surface area contributed by atoms with E-state index < -0.39 is 0 Å². The molecule has 0 rings (SSSR count). The van der Waals surface area contributed by atoms with Crippen LogP contribution in [-0.4, -0.2) is 13.1 Å². The molecule has 15 heavy (non-hydrogen) atoms. The van der Waals surface area contributed by atoms with E-state index in [4.69, 9.17) is 0 Å². The lowest BCUT2D eigenvalue weighted by molar-refractivity contribution is -0.140. The SMILES string of the molecule is COC(=O)CC[C@@H](C)CCCCC(C)C. The lowest BCUT2D eigenvalue weighted by atomic mass is 9.96. The number of rotatable bonds is 8. The number of hydrogen-bond donors (Lipinski definition) is 0. The Labute approximate surface area is 94.4 Å². The third-order valence-corrected chi connectivity index (χ3v) is 2.80. The maximum Gasteiger partial charge on any atom is 0.305 e. The summed E-state index contributed by atoms with van der Waals surface area (Å²) in [4.78, 5) is 10.9. The van der Waals surface area contributed by atoms with Crippen molar-refractivity contribution < 1.29 is 9.53 Å². The van der Waals surface area contributed by atoms with Crippen LogP contribution in [0.2, 0.25) is 0 Å². The topological polar surface area (TPSA) is 26.3 Å².